The number of esters is 1. The summed E-state index contributed by atoms with van der Waals surface area (Å²) >= 11 is 2.21. The van der Waals surface area contributed by atoms with Crippen LogP contribution in [0.2, 0.25) is 0 Å². The van der Waals surface area contributed by atoms with Gasteiger partial charge in [0.05, 0.1) is 17.6 Å². The fourth-order valence-corrected chi connectivity index (χ4v) is 7.98. The normalized spacial score (nSPS) is 11.5. The molecule has 0 fully saturated rings. The molecule has 1 heterocycles. The average Bonchev–Trinajstić information content (AvgIpc) is 3.55. The smallest absolute Gasteiger partial charge is 0.341 e. The lowest BCUT2D eigenvalue weighted by Gasteiger charge is -2.18. The first-order valence-corrected chi connectivity index (χ1v) is 19.5. The molecule has 10 nitrogen and oxygen atoms in total. The molecule has 6 rings (SSSR count). The van der Waals surface area contributed by atoms with Gasteiger partial charge in [-0.2, -0.15) is 0 Å². The van der Waals surface area contributed by atoms with Crippen LogP contribution >= 0.6 is 23.1 Å². The van der Waals surface area contributed by atoms with Crippen LogP contribution < -0.4 is 21.3 Å². The summed E-state index contributed by atoms with van der Waals surface area (Å²) in [5.74, 6) is -2.56. The number of amides is 4. The molecular weight excluding hydrogens is 757 g/mol. The number of benzene rings is 5. The van der Waals surface area contributed by atoms with Gasteiger partial charge in [0.25, 0.3) is 17.7 Å². The fraction of sp³-hybridized carbons (Fsp3) is 0.0889. The summed E-state index contributed by atoms with van der Waals surface area (Å²) in [6.07, 6.45) is 1.61. The standard InChI is InChI=1S/C45H38N4O6S2/c1-28-15-13-16-30(25-28)26-36(48-40(50)32-19-9-5-10-20-32)41(51)47-34-23-14-24-35(27-34)56-39(31-17-7-4-8-18-31)43(53)49-44-37(45(54)55-3)29(2)38(57-44)42(52)46-33-21-11-6-12-22-33/h4-27,39H,1-3H3,(H,46,52)(H,47,51)(H,48,50)(H,49,53)/b36-26+. The second-order valence-electron chi connectivity index (χ2n) is 12.7. The van der Waals surface area contributed by atoms with Crippen molar-refractivity contribution in [3.63, 3.8) is 0 Å². The van der Waals surface area contributed by atoms with Crippen molar-refractivity contribution in [2.75, 3.05) is 23.1 Å². The molecule has 0 aliphatic carbocycles. The average molecular weight is 795 g/mol. The highest BCUT2D eigenvalue weighted by Gasteiger charge is 2.30. The van der Waals surface area contributed by atoms with E-state index in [2.05, 4.69) is 21.3 Å². The number of carbonyl (C=O) groups is 5. The third-order valence-corrected chi connectivity index (χ3v) is 11.0. The maximum atomic E-state index is 14.2. The first kappa shape index (κ1) is 39.9. The molecule has 12 heteroatoms. The summed E-state index contributed by atoms with van der Waals surface area (Å²) in [4.78, 5) is 68.4. The zero-order chi connectivity index (χ0) is 40.3. The third kappa shape index (κ3) is 10.3. The molecule has 0 bridgehead atoms. The Morgan fingerprint density at radius 1 is 0.684 bits per heavy atom. The van der Waals surface area contributed by atoms with E-state index in [0.717, 1.165) is 22.5 Å². The van der Waals surface area contributed by atoms with Gasteiger partial charge in [0.15, 0.2) is 0 Å². The van der Waals surface area contributed by atoms with Gasteiger partial charge in [0.2, 0.25) is 5.91 Å². The molecule has 6 aromatic rings. The van der Waals surface area contributed by atoms with Gasteiger partial charge in [-0.3, -0.25) is 19.2 Å². The van der Waals surface area contributed by atoms with Gasteiger partial charge in [0, 0.05) is 21.8 Å². The van der Waals surface area contributed by atoms with Crippen molar-refractivity contribution in [3.8, 4) is 0 Å². The summed E-state index contributed by atoms with van der Waals surface area (Å²) in [6, 6.07) is 41.2. The number of thiophene rings is 1. The zero-order valence-electron chi connectivity index (χ0n) is 31.2. The molecule has 1 unspecified atom stereocenters. The molecule has 0 aliphatic heterocycles. The minimum Gasteiger partial charge on any atom is -0.465 e. The molecule has 1 aromatic heterocycles. The highest BCUT2D eigenvalue weighted by Crippen LogP contribution is 2.40. The molecule has 1 atom stereocenters. The van der Waals surface area contributed by atoms with Crippen LogP contribution in [0.25, 0.3) is 6.08 Å². The topological polar surface area (TPSA) is 143 Å². The maximum absolute atomic E-state index is 14.2. The van der Waals surface area contributed by atoms with E-state index in [-0.39, 0.29) is 21.1 Å². The van der Waals surface area contributed by atoms with Crippen LogP contribution in [-0.4, -0.2) is 36.7 Å². The van der Waals surface area contributed by atoms with Crippen LogP contribution in [0, 0.1) is 13.8 Å². The number of hydrogen-bond acceptors (Lipinski definition) is 8. The van der Waals surface area contributed by atoms with Crippen molar-refractivity contribution in [1.29, 1.82) is 0 Å². The van der Waals surface area contributed by atoms with Crippen molar-refractivity contribution < 1.29 is 28.7 Å². The SMILES string of the molecule is COC(=O)c1c(NC(=O)C(Sc2cccc(NC(=O)/C(=C\c3cccc(C)c3)NC(=O)c3ccccc3)c2)c2ccccc2)sc(C(=O)Nc2ccccc2)c1C. The van der Waals surface area contributed by atoms with Crippen molar-refractivity contribution >= 4 is 75.1 Å². The number of methoxy groups -OCH3 is 1. The van der Waals surface area contributed by atoms with E-state index >= 15 is 0 Å². The number of carbonyl (C=O) groups excluding carboxylic acids is 5. The second-order valence-corrected chi connectivity index (χ2v) is 14.9. The van der Waals surface area contributed by atoms with Gasteiger partial charge >= 0.3 is 5.97 Å². The minimum atomic E-state index is -0.825. The lowest BCUT2D eigenvalue weighted by molar-refractivity contribution is -0.116. The van der Waals surface area contributed by atoms with E-state index in [0.29, 0.717) is 33.0 Å². The number of anilines is 3. The van der Waals surface area contributed by atoms with E-state index < -0.39 is 34.8 Å². The molecule has 0 radical (unpaired) electrons. The Morgan fingerprint density at radius 3 is 2.02 bits per heavy atom. The molecule has 0 saturated carbocycles. The van der Waals surface area contributed by atoms with Crippen molar-refractivity contribution in [2.45, 2.75) is 24.0 Å². The van der Waals surface area contributed by atoms with Crippen LogP contribution in [0.5, 0.6) is 0 Å². The first-order valence-electron chi connectivity index (χ1n) is 17.8. The monoisotopic (exact) mass is 794 g/mol. The van der Waals surface area contributed by atoms with Gasteiger partial charge in [-0.1, -0.05) is 103 Å². The number of thioether (sulfide) groups is 1. The third-order valence-electron chi connectivity index (χ3n) is 8.58. The van der Waals surface area contributed by atoms with Crippen molar-refractivity contribution in [1.82, 2.24) is 5.32 Å². The number of nitrogens with one attached hydrogen (secondary N) is 4. The predicted octanol–water partition coefficient (Wildman–Crippen LogP) is 9.29. The quantitative estimate of drug-likeness (QED) is 0.0519. The van der Waals surface area contributed by atoms with Crippen molar-refractivity contribution in [2.24, 2.45) is 0 Å². The van der Waals surface area contributed by atoms with E-state index in [1.165, 1.54) is 18.9 Å². The zero-order valence-corrected chi connectivity index (χ0v) is 32.8. The molecule has 4 N–H and O–H groups in total. The van der Waals surface area contributed by atoms with E-state index in [4.69, 9.17) is 4.74 Å². The van der Waals surface area contributed by atoms with Crippen molar-refractivity contribution in [3.05, 3.63) is 183 Å². The van der Waals surface area contributed by atoms with Crippen LogP contribution in [0.1, 0.15) is 57.9 Å². The molecule has 286 valence electrons. The summed E-state index contributed by atoms with van der Waals surface area (Å²) in [6.45, 7) is 3.57. The Hall–Kier alpha value is -6.76. The Kier molecular flexibility index (Phi) is 13.1. The van der Waals surface area contributed by atoms with Gasteiger partial charge in [-0.25, -0.2) is 4.79 Å². The van der Waals surface area contributed by atoms with Crippen LogP contribution in [0.4, 0.5) is 16.4 Å². The molecule has 0 saturated heterocycles. The van der Waals surface area contributed by atoms with E-state index in [1.807, 2.05) is 73.7 Å². The molecule has 0 aliphatic rings. The Morgan fingerprint density at radius 2 is 1.33 bits per heavy atom. The predicted molar refractivity (Wildman–Crippen MR) is 227 cm³/mol. The molecule has 5 aromatic carbocycles. The Balaban J connectivity index is 1.25. The van der Waals surface area contributed by atoms with Gasteiger partial charge < -0.3 is 26.0 Å². The van der Waals surface area contributed by atoms with E-state index in [1.54, 1.807) is 85.8 Å². The number of ether oxygens (including phenoxy) is 1. The first-order chi connectivity index (χ1) is 27.6. The van der Waals surface area contributed by atoms with Gasteiger partial charge in [0.1, 0.15) is 15.9 Å². The lowest BCUT2D eigenvalue weighted by atomic mass is 10.1. The summed E-state index contributed by atoms with van der Waals surface area (Å²) in [5.41, 5.74) is 4.30. The number of hydrogen-bond donors (Lipinski definition) is 4. The number of rotatable bonds is 13. The molecule has 0 spiro atoms. The Labute approximate surface area is 338 Å². The molecule has 4 amide bonds. The highest BCUT2D eigenvalue weighted by atomic mass is 32.2. The van der Waals surface area contributed by atoms with Crippen LogP contribution in [-0.2, 0) is 14.3 Å². The number of aryl methyl sites for hydroxylation is 1. The number of para-hydroxylation sites is 1. The molecule has 57 heavy (non-hydrogen) atoms. The van der Waals surface area contributed by atoms with Crippen LogP contribution in [0.3, 0.4) is 0 Å². The lowest BCUT2D eigenvalue weighted by Crippen LogP contribution is -2.30. The van der Waals surface area contributed by atoms with E-state index in [9.17, 15) is 24.0 Å². The highest BCUT2D eigenvalue weighted by molar-refractivity contribution is 8.00. The largest absolute Gasteiger partial charge is 0.465 e. The molecular formula is C45H38N4O6S2. The second kappa shape index (κ2) is 18.7. The summed E-state index contributed by atoms with van der Waals surface area (Å²) < 4.78 is 5.05. The van der Waals surface area contributed by atoms with Gasteiger partial charge in [-0.05, 0) is 79.1 Å². The minimum absolute atomic E-state index is 0.0403. The summed E-state index contributed by atoms with van der Waals surface area (Å²) in [5, 5.41) is 10.8. The fourth-order valence-electron chi connectivity index (χ4n) is 5.80. The van der Waals surface area contributed by atoms with Gasteiger partial charge in [-0.15, -0.1) is 23.1 Å². The van der Waals surface area contributed by atoms with Crippen LogP contribution in [0.15, 0.2) is 150 Å². The summed E-state index contributed by atoms with van der Waals surface area (Å²) in [7, 11) is 1.24. The maximum Gasteiger partial charge on any atom is 0.341 e. The Bertz CT molecular complexity index is 2450.